The van der Waals surface area contributed by atoms with E-state index in [2.05, 4.69) is 4.72 Å². The predicted octanol–water partition coefficient (Wildman–Crippen LogP) is 3.88. The van der Waals surface area contributed by atoms with Crippen LogP contribution in [0, 0.1) is 0 Å². The highest BCUT2D eigenvalue weighted by molar-refractivity contribution is 8.76. The molecule has 0 spiro atoms. The third-order valence-electron chi connectivity index (χ3n) is 4.30. The summed E-state index contributed by atoms with van der Waals surface area (Å²) in [7, 11) is -1.57. The molecule has 2 rings (SSSR count). The summed E-state index contributed by atoms with van der Waals surface area (Å²) in [5.41, 5.74) is 4.46. The molecule has 3 N–H and O–H groups in total. The molecule has 0 unspecified atom stereocenters. The van der Waals surface area contributed by atoms with Crippen LogP contribution in [0.4, 0.5) is 0 Å². The van der Waals surface area contributed by atoms with E-state index in [1.807, 2.05) is 18.2 Å². The predicted molar refractivity (Wildman–Crippen MR) is 143 cm³/mol. The minimum Gasteiger partial charge on any atom is -0.459 e. The van der Waals surface area contributed by atoms with Crippen LogP contribution in [0.25, 0.3) is 10.8 Å². The van der Waals surface area contributed by atoms with Crippen LogP contribution in [-0.4, -0.2) is 55.1 Å². The van der Waals surface area contributed by atoms with E-state index in [9.17, 15) is 18.0 Å². The number of hydrogen-bond acceptors (Lipinski definition) is 9. The Hall–Kier alpha value is -1.79. The van der Waals surface area contributed by atoms with Crippen molar-refractivity contribution in [3.63, 3.8) is 0 Å². The number of ether oxygens (including phenoxy) is 2. The van der Waals surface area contributed by atoms with E-state index in [0.29, 0.717) is 5.39 Å². The number of nitrogens with one attached hydrogen (secondary N) is 1. The normalized spacial score (nSPS) is 14.4. The topological polar surface area (TPSA) is 125 Å². The van der Waals surface area contributed by atoms with Gasteiger partial charge < -0.3 is 15.2 Å². The first kappa shape index (κ1) is 29.4. The number of rotatable bonds is 10. The molecule has 2 atom stereocenters. The Balaban J connectivity index is 2.13. The molecule has 8 nitrogen and oxygen atoms in total. The van der Waals surface area contributed by atoms with Gasteiger partial charge >= 0.3 is 11.9 Å². The van der Waals surface area contributed by atoms with E-state index in [0.717, 1.165) is 5.39 Å². The molecule has 0 aliphatic rings. The summed E-state index contributed by atoms with van der Waals surface area (Å²) in [5, 5.41) is 1.32. The molecular formula is C24H34N2O6S3. The molecule has 0 bridgehead atoms. The van der Waals surface area contributed by atoms with E-state index < -0.39 is 45.2 Å². The summed E-state index contributed by atoms with van der Waals surface area (Å²) < 4.78 is 39.8. The number of sulfonamides is 1. The largest absolute Gasteiger partial charge is 0.459 e. The van der Waals surface area contributed by atoms with E-state index in [-0.39, 0.29) is 16.4 Å². The molecule has 0 saturated carbocycles. The average Bonchev–Trinajstić information content (AvgIpc) is 2.72. The molecule has 2 aromatic carbocycles. The van der Waals surface area contributed by atoms with Crippen LogP contribution in [0.15, 0.2) is 47.4 Å². The molecule has 0 radical (unpaired) electrons. The quantitative estimate of drug-likeness (QED) is 0.261. The van der Waals surface area contributed by atoms with Crippen molar-refractivity contribution >= 4 is 54.3 Å². The fourth-order valence-corrected chi connectivity index (χ4v) is 6.66. The van der Waals surface area contributed by atoms with Gasteiger partial charge in [0.05, 0.1) is 4.90 Å². The molecule has 11 heteroatoms. The zero-order valence-electron chi connectivity index (χ0n) is 20.9. The minimum atomic E-state index is -4.05. The summed E-state index contributed by atoms with van der Waals surface area (Å²) in [6, 6.07) is 10.1. The summed E-state index contributed by atoms with van der Waals surface area (Å²) >= 11 is 0. The van der Waals surface area contributed by atoms with Crippen LogP contribution in [0.3, 0.4) is 0 Å². The monoisotopic (exact) mass is 542 g/mol. The molecule has 0 heterocycles. The lowest BCUT2D eigenvalue weighted by atomic mass is 10.1. The van der Waals surface area contributed by atoms with Gasteiger partial charge in [-0.25, -0.2) is 8.42 Å². The third-order valence-corrected chi connectivity index (χ3v) is 8.28. The van der Waals surface area contributed by atoms with Gasteiger partial charge in [-0.1, -0.05) is 58.0 Å². The van der Waals surface area contributed by atoms with E-state index >= 15 is 0 Å². The van der Waals surface area contributed by atoms with Crippen molar-refractivity contribution in [2.45, 2.75) is 69.7 Å². The smallest absolute Gasteiger partial charge is 0.325 e. The second kappa shape index (κ2) is 12.0. The zero-order chi connectivity index (χ0) is 26.4. The van der Waals surface area contributed by atoms with Crippen molar-refractivity contribution in [1.29, 1.82) is 0 Å². The number of nitrogens with two attached hydrogens (primary N) is 1. The summed E-state index contributed by atoms with van der Waals surface area (Å²) in [6.07, 6.45) is 0. The Morgan fingerprint density at radius 2 is 1.43 bits per heavy atom. The SMILES string of the molecule is CC(C)(C)OC(=O)[C@H](CSSC[C@H](N)C(=O)OC(C)(C)C)NS(=O)(=O)c1cccc2ccccc12. The van der Waals surface area contributed by atoms with Gasteiger partial charge in [-0.05, 0) is 53.0 Å². The fraction of sp³-hybridized carbons (Fsp3) is 0.500. The lowest BCUT2D eigenvalue weighted by Crippen LogP contribution is -2.45. The van der Waals surface area contributed by atoms with Crippen LogP contribution < -0.4 is 10.5 Å². The molecule has 194 valence electrons. The third kappa shape index (κ3) is 9.64. The van der Waals surface area contributed by atoms with Crippen LogP contribution in [-0.2, 0) is 29.1 Å². The lowest BCUT2D eigenvalue weighted by Gasteiger charge is -2.24. The maximum Gasteiger partial charge on any atom is 0.325 e. The van der Waals surface area contributed by atoms with E-state index in [4.69, 9.17) is 15.2 Å². The van der Waals surface area contributed by atoms with Crippen LogP contribution in [0.1, 0.15) is 41.5 Å². The van der Waals surface area contributed by atoms with Crippen molar-refractivity contribution in [2.24, 2.45) is 5.73 Å². The standard InChI is InChI=1S/C24H34N2O6S3/c1-23(2,3)31-21(27)18(25)14-33-34-15-19(22(28)32-24(4,5)6)26-35(29,30)20-13-9-11-16-10-7-8-12-17(16)20/h7-13,18-19,26H,14-15,25H2,1-6H3/t18-,19-/m0/s1. The Morgan fingerprint density at radius 3 is 2.06 bits per heavy atom. The molecule has 0 saturated heterocycles. The second-order valence-corrected chi connectivity index (χ2v) is 14.1. The molecular weight excluding hydrogens is 508 g/mol. The van der Waals surface area contributed by atoms with Crippen LogP contribution >= 0.6 is 21.6 Å². The van der Waals surface area contributed by atoms with Crippen molar-refractivity contribution in [3.05, 3.63) is 42.5 Å². The maximum atomic E-state index is 13.3. The molecule has 0 fully saturated rings. The molecule has 35 heavy (non-hydrogen) atoms. The highest BCUT2D eigenvalue weighted by Crippen LogP contribution is 2.27. The van der Waals surface area contributed by atoms with Crippen molar-refractivity contribution in [2.75, 3.05) is 11.5 Å². The van der Waals surface area contributed by atoms with Crippen molar-refractivity contribution in [1.82, 2.24) is 4.72 Å². The Bertz CT molecular complexity index is 1130. The lowest BCUT2D eigenvalue weighted by molar-refractivity contribution is -0.157. The van der Waals surface area contributed by atoms with Gasteiger partial charge in [0.2, 0.25) is 10.0 Å². The Morgan fingerprint density at radius 1 is 0.886 bits per heavy atom. The highest BCUT2D eigenvalue weighted by Gasteiger charge is 2.31. The van der Waals surface area contributed by atoms with Crippen molar-refractivity contribution < 1.29 is 27.5 Å². The second-order valence-electron chi connectivity index (χ2n) is 9.89. The maximum absolute atomic E-state index is 13.3. The highest BCUT2D eigenvalue weighted by atomic mass is 33.1. The number of fused-ring (bicyclic) bond motifs is 1. The molecule has 0 aromatic heterocycles. The number of hydrogen-bond donors (Lipinski definition) is 2. The first-order valence-electron chi connectivity index (χ1n) is 11.0. The van der Waals surface area contributed by atoms with Gasteiger partial charge in [0.15, 0.2) is 0 Å². The van der Waals surface area contributed by atoms with Gasteiger partial charge in [-0.15, -0.1) is 0 Å². The molecule has 0 aliphatic heterocycles. The number of carbonyl (C=O) groups is 2. The average molecular weight is 543 g/mol. The van der Waals surface area contributed by atoms with Crippen LogP contribution in [0.5, 0.6) is 0 Å². The Kier molecular flexibility index (Phi) is 10.1. The summed E-state index contributed by atoms with van der Waals surface area (Å²) in [6.45, 7) is 10.4. The van der Waals surface area contributed by atoms with Gasteiger partial charge in [0.1, 0.15) is 23.3 Å². The van der Waals surface area contributed by atoms with Gasteiger partial charge in [0.25, 0.3) is 0 Å². The number of esters is 2. The van der Waals surface area contributed by atoms with Gasteiger partial charge in [-0.3, -0.25) is 9.59 Å². The van der Waals surface area contributed by atoms with Crippen molar-refractivity contribution in [3.8, 4) is 0 Å². The van der Waals surface area contributed by atoms with E-state index in [1.54, 1.807) is 59.7 Å². The number of benzene rings is 2. The Labute approximate surface area is 215 Å². The zero-order valence-corrected chi connectivity index (χ0v) is 23.3. The van der Waals surface area contributed by atoms with E-state index in [1.165, 1.54) is 27.7 Å². The van der Waals surface area contributed by atoms with Crippen LogP contribution in [0.2, 0.25) is 0 Å². The number of carbonyl (C=O) groups excluding carboxylic acids is 2. The molecule has 0 amide bonds. The fourth-order valence-electron chi connectivity index (χ4n) is 2.89. The van der Waals surface area contributed by atoms with Gasteiger partial charge in [-0.2, -0.15) is 4.72 Å². The molecule has 0 aliphatic carbocycles. The first-order valence-corrected chi connectivity index (χ1v) is 15.0. The molecule has 2 aromatic rings. The van der Waals surface area contributed by atoms with Gasteiger partial charge in [0, 0.05) is 16.9 Å². The minimum absolute atomic E-state index is 0.0740. The first-order chi connectivity index (χ1) is 16.1. The summed E-state index contributed by atoms with van der Waals surface area (Å²) in [4.78, 5) is 25.0. The summed E-state index contributed by atoms with van der Waals surface area (Å²) in [5.74, 6) is -0.904.